The first kappa shape index (κ1) is 17.7. The highest BCUT2D eigenvalue weighted by molar-refractivity contribution is 6.99. The normalized spacial score (nSPS) is 25.2. The van der Waals surface area contributed by atoms with E-state index >= 15 is 0 Å². The maximum atomic E-state index is 11.6. The summed E-state index contributed by atoms with van der Waals surface area (Å²) in [7, 11) is -2.42. The molecule has 0 aromatic heterocycles. The number of carbonyl (C=O) groups excluding carboxylic acids is 1. The number of hydrogen-bond donors (Lipinski definition) is 0. The minimum atomic E-state index is -2.42. The van der Waals surface area contributed by atoms with Crippen LogP contribution in [0, 0.1) is 17.8 Å². The quantitative estimate of drug-likeness (QED) is 0.755. The van der Waals surface area contributed by atoms with E-state index in [1.807, 2.05) is 0 Å². The van der Waals surface area contributed by atoms with E-state index in [4.69, 9.17) is 4.43 Å². The lowest BCUT2D eigenvalue weighted by Crippen LogP contribution is -2.66. The zero-order valence-corrected chi connectivity index (χ0v) is 16.9. The van der Waals surface area contributed by atoms with Gasteiger partial charge in [0.15, 0.2) is 0 Å². The summed E-state index contributed by atoms with van der Waals surface area (Å²) in [6, 6.07) is 21.6. The van der Waals surface area contributed by atoms with Gasteiger partial charge in [-0.05, 0) is 33.2 Å². The summed E-state index contributed by atoms with van der Waals surface area (Å²) in [4.78, 5) is 11.6. The van der Waals surface area contributed by atoms with Gasteiger partial charge in [-0.3, -0.25) is 4.79 Å². The summed E-state index contributed by atoms with van der Waals surface area (Å²) in [5.41, 5.74) is 0. The van der Waals surface area contributed by atoms with Gasteiger partial charge in [-0.2, -0.15) is 0 Å². The van der Waals surface area contributed by atoms with Crippen LogP contribution in [0.5, 0.6) is 0 Å². The van der Waals surface area contributed by atoms with E-state index in [2.05, 4.69) is 81.4 Å². The molecule has 0 aliphatic heterocycles. The number of ketones is 1. The number of Topliss-reactive ketones (excluding diaryl/α,β-unsaturated/α-hetero) is 1. The SMILES string of the molecule is CC(C)(C)[Si](OCC1C2CC(=O)CC12)(c1ccccc1)c1ccccc1. The van der Waals surface area contributed by atoms with Gasteiger partial charge < -0.3 is 4.43 Å². The molecule has 2 aliphatic rings. The van der Waals surface area contributed by atoms with E-state index in [0.717, 1.165) is 19.4 Å². The van der Waals surface area contributed by atoms with E-state index in [-0.39, 0.29) is 5.04 Å². The molecule has 2 saturated carbocycles. The number of carbonyl (C=O) groups is 1. The predicted molar refractivity (Wildman–Crippen MR) is 108 cm³/mol. The van der Waals surface area contributed by atoms with Crippen molar-refractivity contribution >= 4 is 24.5 Å². The molecule has 0 saturated heterocycles. The molecule has 26 heavy (non-hydrogen) atoms. The second kappa shape index (κ2) is 6.47. The van der Waals surface area contributed by atoms with Crippen LogP contribution in [-0.4, -0.2) is 20.7 Å². The van der Waals surface area contributed by atoms with Gasteiger partial charge in [-0.25, -0.2) is 0 Å². The molecule has 2 fully saturated rings. The molecule has 2 aromatic rings. The third kappa shape index (κ3) is 2.87. The largest absolute Gasteiger partial charge is 0.407 e. The van der Waals surface area contributed by atoms with Gasteiger partial charge in [-0.15, -0.1) is 0 Å². The van der Waals surface area contributed by atoms with Gasteiger partial charge in [0, 0.05) is 19.4 Å². The van der Waals surface area contributed by atoms with Gasteiger partial charge in [-0.1, -0.05) is 81.4 Å². The highest BCUT2D eigenvalue weighted by atomic mass is 28.4. The van der Waals surface area contributed by atoms with E-state index in [1.165, 1.54) is 10.4 Å². The Kier molecular flexibility index (Phi) is 4.40. The van der Waals surface area contributed by atoms with E-state index in [1.54, 1.807) is 0 Å². The predicted octanol–water partition coefficient (Wildman–Crippen LogP) is 3.79. The van der Waals surface area contributed by atoms with Crippen molar-refractivity contribution in [3.63, 3.8) is 0 Å². The van der Waals surface area contributed by atoms with Crippen molar-refractivity contribution in [2.45, 2.75) is 38.7 Å². The Bertz CT molecular complexity index is 725. The Balaban J connectivity index is 1.70. The minimum absolute atomic E-state index is 0.0233. The first-order valence-corrected chi connectivity index (χ1v) is 11.6. The lowest BCUT2D eigenvalue weighted by molar-refractivity contribution is -0.118. The van der Waals surface area contributed by atoms with Crippen LogP contribution < -0.4 is 10.4 Å². The van der Waals surface area contributed by atoms with Crippen molar-refractivity contribution in [3.05, 3.63) is 60.7 Å². The average molecular weight is 365 g/mol. The Morgan fingerprint density at radius 1 is 0.885 bits per heavy atom. The number of rotatable bonds is 5. The Morgan fingerprint density at radius 2 is 1.35 bits per heavy atom. The van der Waals surface area contributed by atoms with Crippen LogP contribution in [0.2, 0.25) is 5.04 Å². The summed E-state index contributed by atoms with van der Waals surface area (Å²) in [5, 5.41) is 2.69. The second-order valence-corrected chi connectivity index (χ2v) is 13.2. The molecule has 2 aromatic carbocycles. The first-order chi connectivity index (χ1) is 12.4. The number of benzene rings is 2. The second-order valence-electron chi connectivity index (χ2n) is 8.91. The molecule has 0 bridgehead atoms. The number of hydrogen-bond acceptors (Lipinski definition) is 2. The Hall–Kier alpha value is -1.71. The average Bonchev–Trinajstić information content (AvgIpc) is 3.09. The molecule has 2 unspecified atom stereocenters. The van der Waals surface area contributed by atoms with Crippen LogP contribution in [-0.2, 0) is 9.22 Å². The van der Waals surface area contributed by atoms with Gasteiger partial charge in [0.1, 0.15) is 5.78 Å². The molecule has 2 nitrogen and oxygen atoms in total. The fraction of sp³-hybridized carbons (Fsp3) is 0.435. The van der Waals surface area contributed by atoms with Crippen LogP contribution in [0.15, 0.2) is 60.7 Å². The molecule has 0 amide bonds. The number of fused-ring (bicyclic) bond motifs is 1. The Morgan fingerprint density at radius 3 is 1.77 bits per heavy atom. The molecule has 0 N–H and O–H groups in total. The van der Waals surface area contributed by atoms with E-state index in [9.17, 15) is 4.79 Å². The molecule has 136 valence electrons. The molecule has 0 heterocycles. The van der Waals surface area contributed by atoms with Gasteiger partial charge in [0.05, 0.1) is 0 Å². The summed E-state index contributed by atoms with van der Waals surface area (Å²) in [6.45, 7) is 7.74. The van der Waals surface area contributed by atoms with Crippen molar-refractivity contribution in [1.29, 1.82) is 0 Å². The lowest BCUT2D eigenvalue weighted by Gasteiger charge is -2.43. The highest BCUT2D eigenvalue weighted by Crippen LogP contribution is 2.56. The standard InChI is InChI=1S/C23H28O2Si/c1-23(2,3)26(18-10-6-4-7-11-18,19-12-8-5-9-13-19)25-16-22-20-14-17(24)15-21(20)22/h4-13,20-22H,14-16H2,1-3H3. The molecular weight excluding hydrogens is 336 g/mol. The van der Waals surface area contributed by atoms with Crippen LogP contribution in [0.3, 0.4) is 0 Å². The van der Waals surface area contributed by atoms with Gasteiger partial charge in [0.2, 0.25) is 0 Å². The van der Waals surface area contributed by atoms with Crippen molar-refractivity contribution in [3.8, 4) is 0 Å². The van der Waals surface area contributed by atoms with Gasteiger partial charge in [0.25, 0.3) is 8.32 Å². The van der Waals surface area contributed by atoms with Crippen molar-refractivity contribution in [1.82, 2.24) is 0 Å². The maximum Gasteiger partial charge on any atom is 0.261 e. The zero-order chi connectivity index (χ0) is 18.4. The smallest absolute Gasteiger partial charge is 0.261 e. The molecule has 2 atom stereocenters. The molecule has 0 radical (unpaired) electrons. The molecule has 3 heteroatoms. The first-order valence-electron chi connectivity index (χ1n) is 9.70. The molecule has 4 rings (SSSR count). The van der Waals surface area contributed by atoms with Crippen molar-refractivity contribution in [2.75, 3.05) is 6.61 Å². The minimum Gasteiger partial charge on any atom is -0.407 e. The van der Waals surface area contributed by atoms with Crippen LogP contribution in [0.4, 0.5) is 0 Å². The Labute approximate surface area is 157 Å². The van der Waals surface area contributed by atoms with Crippen LogP contribution >= 0.6 is 0 Å². The van der Waals surface area contributed by atoms with Crippen molar-refractivity contribution < 1.29 is 9.22 Å². The van der Waals surface area contributed by atoms with Crippen LogP contribution in [0.1, 0.15) is 33.6 Å². The van der Waals surface area contributed by atoms with Gasteiger partial charge >= 0.3 is 0 Å². The highest BCUT2D eigenvalue weighted by Gasteiger charge is 2.58. The maximum absolute atomic E-state index is 11.6. The fourth-order valence-electron chi connectivity index (χ4n) is 4.97. The summed E-state index contributed by atoms with van der Waals surface area (Å²) in [6.07, 6.45) is 1.55. The fourth-order valence-corrected chi connectivity index (χ4v) is 9.57. The summed E-state index contributed by atoms with van der Waals surface area (Å²) in [5.74, 6) is 2.19. The molecule has 0 spiro atoms. The molecule has 2 aliphatic carbocycles. The van der Waals surface area contributed by atoms with E-state index in [0.29, 0.717) is 23.5 Å². The zero-order valence-electron chi connectivity index (χ0n) is 15.9. The lowest BCUT2D eigenvalue weighted by atomic mass is 10.1. The van der Waals surface area contributed by atoms with Crippen molar-refractivity contribution in [2.24, 2.45) is 17.8 Å². The van der Waals surface area contributed by atoms with Crippen LogP contribution in [0.25, 0.3) is 0 Å². The topological polar surface area (TPSA) is 26.3 Å². The third-order valence-corrected chi connectivity index (χ3v) is 11.3. The third-order valence-electron chi connectivity index (χ3n) is 6.34. The summed E-state index contributed by atoms with van der Waals surface area (Å²) < 4.78 is 6.99. The molecular formula is C23H28O2Si. The summed E-state index contributed by atoms with van der Waals surface area (Å²) >= 11 is 0. The monoisotopic (exact) mass is 364 g/mol. The van der Waals surface area contributed by atoms with E-state index < -0.39 is 8.32 Å².